The Bertz CT molecular complexity index is 321. The molecule has 15 heavy (non-hydrogen) atoms. The van der Waals surface area contributed by atoms with Gasteiger partial charge in [-0.05, 0) is 38.0 Å². The predicted molar refractivity (Wildman–Crippen MR) is 53.9 cm³/mol. The van der Waals surface area contributed by atoms with E-state index < -0.39 is 0 Å². The molecule has 1 saturated heterocycles. The first kappa shape index (κ1) is 9.40. The summed E-state index contributed by atoms with van der Waals surface area (Å²) in [6.45, 7) is 5.25. The minimum atomic E-state index is -0.315. The van der Waals surface area contributed by atoms with Gasteiger partial charge in [0, 0.05) is 11.5 Å². The predicted octanol–water partition coefficient (Wildman–Crippen LogP) is 1.88. The highest BCUT2D eigenvalue weighted by atomic mass is 16.7. The quantitative estimate of drug-likeness (QED) is 0.513. The number of hydrogen-bond acceptors (Lipinski definition) is 3. The number of hydrogen-bond donors (Lipinski definition) is 0. The van der Waals surface area contributed by atoms with Gasteiger partial charge in [0.25, 0.3) is 0 Å². The van der Waals surface area contributed by atoms with Gasteiger partial charge in [-0.25, -0.2) is 4.79 Å². The third-order valence-electron chi connectivity index (χ3n) is 4.03. The molecular formula is C12H16O3. The fraction of sp³-hybridized carbons (Fsp3) is 0.750. The molecule has 3 fully saturated rings. The SMILES string of the molecule is C=C(C)C(=O)OC1OC2CC3CC2C1C3. The van der Waals surface area contributed by atoms with Crippen LogP contribution in [-0.4, -0.2) is 18.4 Å². The van der Waals surface area contributed by atoms with E-state index in [0.717, 1.165) is 5.92 Å². The number of esters is 1. The van der Waals surface area contributed by atoms with Crippen LogP contribution < -0.4 is 0 Å². The maximum absolute atomic E-state index is 11.4. The summed E-state index contributed by atoms with van der Waals surface area (Å²) < 4.78 is 11.1. The summed E-state index contributed by atoms with van der Waals surface area (Å²) in [6, 6.07) is 0. The van der Waals surface area contributed by atoms with E-state index in [1.165, 1.54) is 19.3 Å². The lowest BCUT2D eigenvalue weighted by Crippen LogP contribution is -2.24. The molecule has 0 aromatic heterocycles. The zero-order valence-electron chi connectivity index (χ0n) is 8.94. The summed E-state index contributed by atoms with van der Waals surface area (Å²) in [7, 11) is 0. The molecule has 5 atom stereocenters. The fourth-order valence-electron chi connectivity index (χ4n) is 3.40. The zero-order valence-corrected chi connectivity index (χ0v) is 8.94. The number of carbonyl (C=O) groups is 1. The van der Waals surface area contributed by atoms with Gasteiger partial charge in [0.1, 0.15) is 0 Å². The number of fused-ring (bicyclic) bond motifs is 1. The highest BCUT2D eigenvalue weighted by Gasteiger charge is 2.57. The van der Waals surface area contributed by atoms with Gasteiger partial charge in [-0.2, -0.15) is 0 Å². The van der Waals surface area contributed by atoms with Crippen LogP contribution >= 0.6 is 0 Å². The molecule has 0 aromatic rings. The second kappa shape index (κ2) is 3.08. The van der Waals surface area contributed by atoms with Crippen LogP contribution in [0.3, 0.4) is 0 Å². The Kier molecular flexibility index (Phi) is 1.93. The van der Waals surface area contributed by atoms with Crippen LogP contribution in [0.25, 0.3) is 0 Å². The van der Waals surface area contributed by atoms with Crippen molar-refractivity contribution in [3.8, 4) is 0 Å². The highest BCUT2D eigenvalue weighted by molar-refractivity contribution is 5.87. The average molecular weight is 208 g/mol. The molecule has 5 unspecified atom stereocenters. The van der Waals surface area contributed by atoms with Gasteiger partial charge in [-0.1, -0.05) is 6.58 Å². The molecule has 0 radical (unpaired) electrons. The first-order chi connectivity index (χ1) is 7.15. The van der Waals surface area contributed by atoms with Crippen LogP contribution in [0.15, 0.2) is 12.2 Å². The maximum Gasteiger partial charge on any atom is 0.335 e. The first-order valence-electron chi connectivity index (χ1n) is 5.67. The lowest BCUT2D eigenvalue weighted by molar-refractivity contribution is -0.175. The molecule has 1 heterocycles. The molecule has 3 aliphatic rings. The molecule has 1 aliphatic heterocycles. The van der Waals surface area contributed by atoms with Crippen LogP contribution in [0.4, 0.5) is 0 Å². The van der Waals surface area contributed by atoms with E-state index in [2.05, 4.69) is 6.58 Å². The summed E-state index contributed by atoms with van der Waals surface area (Å²) in [5.41, 5.74) is 0.451. The van der Waals surface area contributed by atoms with Crippen LogP contribution in [0.2, 0.25) is 0 Å². The molecule has 2 saturated carbocycles. The lowest BCUT2D eigenvalue weighted by atomic mass is 9.89. The fourth-order valence-corrected chi connectivity index (χ4v) is 3.40. The largest absolute Gasteiger partial charge is 0.432 e. The van der Waals surface area contributed by atoms with Crippen molar-refractivity contribution < 1.29 is 14.3 Å². The van der Waals surface area contributed by atoms with Gasteiger partial charge in [0.05, 0.1) is 6.10 Å². The standard InChI is InChI=1S/C12H16O3/c1-6(2)11(13)15-12-9-4-7-3-8(9)10(5-7)14-12/h7-10,12H,1,3-5H2,2H3. The molecule has 2 aliphatic carbocycles. The summed E-state index contributed by atoms with van der Waals surface area (Å²) in [5, 5.41) is 0. The Morgan fingerprint density at radius 2 is 2.07 bits per heavy atom. The summed E-state index contributed by atoms with van der Waals surface area (Å²) in [4.78, 5) is 11.4. The molecule has 0 aromatic carbocycles. The Balaban J connectivity index is 1.70. The van der Waals surface area contributed by atoms with Gasteiger partial charge >= 0.3 is 5.97 Å². The first-order valence-corrected chi connectivity index (χ1v) is 5.67. The van der Waals surface area contributed by atoms with Crippen molar-refractivity contribution in [1.82, 2.24) is 0 Å². The van der Waals surface area contributed by atoms with Crippen molar-refractivity contribution in [1.29, 1.82) is 0 Å². The second-order valence-electron chi connectivity index (χ2n) is 5.13. The molecule has 3 nitrogen and oxygen atoms in total. The minimum absolute atomic E-state index is 0.295. The van der Waals surface area contributed by atoms with Crippen molar-refractivity contribution in [2.45, 2.75) is 38.6 Å². The molecule has 0 amide bonds. The van der Waals surface area contributed by atoms with Crippen LogP contribution in [-0.2, 0) is 14.3 Å². The Labute approximate surface area is 89.4 Å². The second-order valence-corrected chi connectivity index (χ2v) is 5.13. The van der Waals surface area contributed by atoms with Gasteiger partial charge in [0.15, 0.2) is 0 Å². The molecular weight excluding hydrogens is 192 g/mol. The van der Waals surface area contributed by atoms with E-state index in [1.54, 1.807) is 6.92 Å². The third kappa shape index (κ3) is 1.33. The number of rotatable bonds is 2. The molecule has 0 N–H and O–H groups in total. The molecule has 82 valence electrons. The van der Waals surface area contributed by atoms with E-state index in [0.29, 0.717) is 23.5 Å². The monoisotopic (exact) mass is 208 g/mol. The summed E-state index contributed by atoms with van der Waals surface area (Å²) in [5.74, 6) is 1.61. The lowest BCUT2D eigenvalue weighted by Gasteiger charge is -2.17. The zero-order chi connectivity index (χ0) is 10.6. The van der Waals surface area contributed by atoms with Crippen molar-refractivity contribution in [2.75, 3.05) is 0 Å². The van der Waals surface area contributed by atoms with Crippen LogP contribution in [0.1, 0.15) is 26.2 Å². The van der Waals surface area contributed by atoms with E-state index in [1.807, 2.05) is 0 Å². The molecule has 3 rings (SSSR count). The highest BCUT2D eigenvalue weighted by Crippen LogP contribution is 2.56. The van der Waals surface area contributed by atoms with E-state index in [-0.39, 0.29) is 12.3 Å². The van der Waals surface area contributed by atoms with Gasteiger partial charge in [0.2, 0.25) is 6.29 Å². The van der Waals surface area contributed by atoms with Crippen molar-refractivity contribution in [3.63, 3.8) is 0 Å². The molecule has 2 bridgehead atoms. The van der Waals surface area contributed by atoms with Crippen molar-refractivity contribution in [2.24, 2.45) is 17.8 Å². The Morgan fingerprint density at radius 3 is 2.67 bits per heavy atom. The van der Waals surface area contributed by atoms with E-state index in [9.17, 15) is 4.79 Å². The summed E-state index contributed by atoms with van der Waals surface area (Å²) >= 11 is 0. The smallest absolute Gasteiger partial charge is 0.335 e. The van der Waals surface area contributed by atoms with Crippen molar-refractivity contribution >= 4 is 5.97 Å². The van der Waals surface area contributed by atoms with Gasteiger partial charge in [-0.15, -0.1) is 0 Å². The van der Waals surface area contributed by atoms with E-state index in [4.69, 9.17) is 9.47 Å². The van der Waals surface area contributed by atoms with Gasteiger partial charge < -0.3 is 9.47 Å². The summed E-state index contributed by atoms with van der Waals surface area (Å²) in [6.07, 6.45) is 3.68. The third-order valence-corrected chi connectivity index (χ3v) is 4.03. The maximum atomic E-state index is 11.4. The molecule has 0 spiro atoms. The van der Waals surface area contributed by atoms with Crippen molar-refractivity contribution in [3.05, 3.63) is 12.2 Å². The van der Waals surface area contributed by atoms with E-state index >= 15 is 0 Å². The number of ether oxygens (including phenoxy) is 2. The van der Waals surface area contributed by atoms with Crippen LogP contribution in [0.5, 0.6) is 0 Å². The average Bonchev–Trinajstić information content (AvgIpc) is 2.76. The minimum Gasteiger partial charge on any atom is -0.432 e. The normalized spacial score (nSPS) is 45.8. The molecule has 3 heteroatoms. The Hall–Kier alpha value is -0.830. The van der Waals surface area contributed by atoms with Gasteiger partial charge in [-0.3, -0.25) is 0 Å². The number of carbonyl (C=O) groups excluding carboxylic acids is 1. The van der Waals surface area contributed by atoms with Crippen LogP contribution in [0, 0.1) is 17.8 Å². The Morgan fingerprint density at radius 1 is 1.33 bits per heavy atom. The topological polar surface area (TPSA) is 35.5 Å².